The molecule has 1 aliphatic carbocycles. The molecule has 0 bridgehead atoms. The van der Waals surface area contributed by atoms with E-state index >= 15 is 0 Å². The number of aliphatic hydroxyl groups is 2. The SMILES string of the molecule is CCC(O)COc1c2c(c(OCC(O)CC)c3cc(Br)ccc13)CCCC2. The summed E-state index contributed by atoms with van der Waals surface area (Å²) in [6.45, 7) is 4.49. The van der Waals surface area contributed by atoms with Gasteiger partial charge in [0.1, 0.15) is 24.7 Å². The molecule has 4 nitrogen and oxygen atoms in total. The summed E-state index contributed by atoms with van der Waals surface area (Å²) in [5.74, 6) is 1.75. The second-order valence-corrected chi connectivity index (χ2v) is 8.17. The van der Waals surface area contributed by atoms with E-state index in [1.54, 1.807) is 0 Å². The van der Waals surface area contributed by atoms with Gasteiger partial charge in [-0.15, -0.1) is 0 Å². The van der Waals surface area contributed by atoms with Gasteiger partial charge in [-0.05, 0) is 56.7 Å². The van der Waals surface area contributed by atoms with Crippen molar-refractivity contribution in [3.05, 3.63) is 33.8 Å². The number of aliphatic hydroxyl groups excluding tert-OH is 2. The Morgan fingerprint density at radius 3 is 1.93 bits per heavy atom. The third kappa shape index (κ3) is 4.58. The highest BCUT2D eigenvalue weighted by atomic mass is 79.9. The van der Waals surface area contributed by atoms with Crippen LogP contribution in [0.2, 0.25) is 0 Å². The third-order valence-electron chi connectivity index (χ3n) is 5.27. The summed E-state index contributed by atoms with van der Waals surface area (Å²) in [5, 5.41) is 22.0. The summed E-state index contributed by atoms with van der Waals surface area (Å²) in [4.78, 5) is 0. The van der Waals surface area contributed by atoms with Crippen molar-refractivity contribution < 1.29 is 19.7 Å². The number of rotatable bonds is 8. The maximum atomic E-state index is 9.99. The lowest BCUT2D eigenvalue weighted by molar-refractivity contribution is 0.102. The molecule has 0 fully saturated rings. The molecule has 2 aromatic rings. The Morgan fingerprint density at radius 2 is 1.41 bits per heavy atom. The van der Waals surface area contributed by atoms with Gasteiger partial charge in [-0.2, -0.15) is 0 Å². The van der Waals surface area contributed by atoms with Gasteiger partial charge in [0.05, 0.1) is 12.2 Å². The highest BCUT2D eigenvalue weighted by Crippen LogP contribution is 2.45. The van der Waals surface area contributed by atoms with Gasteiger partial charge in [-0.25, -0.2) is 0 Å². The standard InChI is InChI=1S/C22H29BrO4/c1-3-15(24)12-26-21-17-7-5-6-8-18(17)22(27-13-16(25)4-2)20-11-14(23)9-10-19(20)21/h9-11,15-16,24-25H,3-8,12-13H2,1-2H3. The minimum absolute atomic E-state index is 0.291. The molecule has 2 N–H and O–H groups in total. The van der Waals surface area contributed by atoms with Crippen LogP contribution in [0.1, 0.15) is 50.7 Å². The molecule has 0 amide bonds. The highest BCUT2D eigenvalue weighted by Gasteiger charge is 2.24. The van der Waals surface area contributed by atoms with Crippen LogP contribution < -0.4 is 9.47 Å². The minimum Gasteiger partial charge on any atom is -0.490 e. The molecular weight excluding hydrogens is 408 g/mol. The lowest BCUT2D eigenvalue weighted by Gasteiger charge is -2.26. The van der Waals surface area contributed by atoms with Crippen molar-refractivity contribution in [3.8, 4) is 11.5 Å². The van der Waals surface area contributed by atoms with E-state index in [1.807, 2.05) is 26.0 Å². The third-order valence-corrected chi connectivity index (χ3v) is 5.76. The van der Waals surface area contributed by atoms with Gasteiger partial charge < -0.3 is 19.7 Å². The second kappa shape index (κ2) is 9.26. The zero-order chi connectivity index (χ0) is 19.4. The monoisotopic (exact) mass is 436 g/mol. The molecule has 2 unspecified atom stereocenters. The van der Waals surface area contributed by atoms with Crippen molar-refractivity contribution in [2.75, 3.05) is 13.2 Å². The largest absolute Gasteiger partial charge is 0.490 e. The Balaban J connectivity index is 2.12. The minimum atomic E-state index is -0.470. The van der Waals surface area contributed by atoms with Crippen LogP contribution in [-0.4, -0.2) is 35.6 Å². The maximum Gasteiger partial charge on any atom is 0.131 e. The summed E-state index contributed by atoms with van der Waals surface area (Å²) in [6.07, 6.45) is 4.54. The van der Waals surface area contributed by atoms with Gasteiger partial charge in [0.15, 0.2) is 0 Å². The van der Waals surface area contributed by atoms with Crippen LogP contribution in [0, 0.1) is 0 Å². The number of hydrogen-bond acceptors (Lipinski definition) is 4. The maximum absolute atomic E-state index is 9.99. The number of ether oxygens (including phenoxy) is 2. The molecule has 0 radical (unpaired) electrons. The molecule has 148 valence electrons. The lowest BCUT2D eigenvalue weighted by Crippen LogP contribution is -2.20. The molecule has 3 rings (SSSR count). The predicted molar refractivity (Wildman–Crippen MR) is 112 cm³/mol. The quantitative estimate of drug-likeness (QED) is 0.624. The highest BCUT2D eigenvalue weighted by molar-refractivity contribution is 9.10. The van der Waals surface area contributed by atoms with E-state index in [0.29, 0.717) is 26.1 Å². The first-order valence-electron chi connectivity index (χ1n) is 9.93. The Morgan fingerprint density at radius 1 is 0.889 bits per heavy atom. The van der Waals surface area contributed by atoms with Gasteiger partial charge >= 0.3 is 0 Å². The Bertz CT molecular complexity index is 790. The first kappa shape index (κ1) is 20.4. The topological polar surface area (TPSA) is 58.9 Å². The fraction of sp³-hybridized carbons (Fsp3) is 0.545. The molecular formula is C22H29BrO4. The molecule has 0 saturated carbocycles. The van der Waals surface area contributed by atoms with Crippen molar-refractivity contribution in [3.63, 3.8) is 0 Å². The van der Waals surface area contributed by atoms with E-state index in [4.69, 9.17) is 9.47 Å². The fourth-order valence-electron chi connectivity index (χ4n) is 3.56. The van der Waals surface area contributed by atoms with E-state index in [1.165, 1.54) is 11.1 Å². The molecule has 0 spiro atoms. The number of halogens is 1. The Labute approximate surface area is 169 Å². The molecule has 1 aliphatic rings. The first-order chi connectivity index (χ1) is 13.0. The molecule has 0 heterocycles. The summed E-state index contributed by atoms with van der Waals surface area (Å²) in [7, 11) is 0. The average Bonchev–Trinajstić information content (AvgIpc) is 2.69. The van der Waals surface area contributed by atoms with E-state index in [9.17, 15) is 10.2 Å². The van der Waals surface area contributed by atoms with Crippen LogP contribution in [0.4, 0.5) is 0 Å². The van der Waals surface area contributed by atoms with Crippen LogP contribution in [0.5, 0.6) is 11.5 Å². The molecule has 5 heteroatoms. The summed E-state index contributed by atoms with van der Waals surface area (Å²) < 4.78 is 13.3. The van der Waals surface area contributed by atoms with Crippen molar-refractivity contribution >= 4 is 26.7 Å². The smallest absolute Gasteiger partial charge is 0.131 e. The molecule has 2 atom stereocenters. The van der Waals surface area contributed by atoms with Crippen molar-refractivity contribution in [1.29, 1.82) is 0 Å². The molecule has 0 aromatic heterocycles. The molecule has 2 aromatic carbocycles. The predicted octanol–water partition coefficient (Wildman–Crippen LogP) is 4.78. The van der Waals surface area contributed by atoms with Crippen LogP contribution >= 0.6 is 15.9 Å². The number of benzene rings is 2. The van der Waals surface area contributed by atoms with Gasteiger partial charge in [0.25, 0.3) is 0 Å². The van der Waals surface area contributed by atoms with Crippen LogP contribution in [0.15, 0.2) is 22.7 Å². The Kier molecular flexibility index (Phi) is 7.01. The normalized spacial score (nSPS) is 16.0. The zero-order valence-electron chi connectivity index (χ0n) is 16.1. The van der Waals surface area contributed by atoms with Gasteiger partial charge in [-0.1, -0.05) is 29.8 Å². The molecule has 27 heavy (non-hydrogen) atoms. The number of fused-ring (bicyclic) bond motifs is 2. The number of hydrogen-bond donors (Lipinski definition) is 2. The fourth-order valence-corrected chi connectivity index (χ4v) is 3.92. The van der Waals surface area contributed by atoms with Crippen LogP contribution in [0.25, 0.3) is 10.8 Å². The van der Waals surface area contributed by atoms with Crippen molar-refractivity contribution in [1.82, 2.24) is 0 Å². The summed E-state index contributed by atoms with van der Waals surface area (Å²) in [6, 6.07) is 6.11. The van der Waals surface area contributed by atoms with Crippen molar-refractivity contribution in [2.45, 2.75) is 64.6 Å². The van der Waals surface area contributed by atoms with Gasteiger partial charge in [-0.3, -0.25) is 0 Å². The van der Waals surface area contributed by atoms with Crippen LogP contribution in [-0.2, 0) is 12.8 Å². The zero-order valence-corrected chi connectivity index (χ0v) is 17.7. The average molecular weight is 437 g/mol. The van der Waals surface area contributed by atoms with E-state index in [2.05, 4.69) is 22.0 Å². The first-order valence-corrected chi connectivity index (χ1v) is 10.7. The molecule has 0 aliphatic heterocycles. The molecule has 0 saturated heterocycles. The van der Waals surface area contributed by atoms with E-state index in [-0.39, 0.29) is 0 Å². The lowest BCUT2D eigenvalue weighted by atomic mass is 9.87. The van der Waals surface area contributed by atoms with E-state index < -0.39 is 12.2 Å². The van der Waals surface area contributed by atoms with Gasteiger partial charge in [0.2, 0.25) is 0 Å². The van der Waals surface area contributed by atoms with E-state index in [0.717, 1.165) is 52.4 Å². The second-order valence-electron chi connectivity index (χ2n) is 7.26. The Hall–Kier alpha value is -1.30. The van der Waals surface area contributed by atoms with Crippen LogP contribution in [0.3, 0.4) is 0 Å². The van der Waals surface area contributed by atoms with Gasteiger partial charge in [0, 0.05) is 26.4 Å². The summed E-state index contributed by atoms with van der Waals surface area (Å²) >= 11 is 3.57. The summed E-state index contributed by atoms with van der Waals surface area (Å²) in [5.41, 5.74) is 2.39. The van der Waals surface area contributed by atoms with Crippen molar-refractivity contribution in [2.24, 2.45) is 0 Å².